The van der Waals surface area contributed by atoms with Crippen molar-refractivity contribution in [3.63, 3.8) is 0 Å². The lowest BCUT2D eigenvalue weighted by atomic mass is 9.94. The van der Waals surface area contributed by atoms with Gasteiger partial charge in [0.1, 0.15) is 0 Å². The second kappa shape index (κ2) is 6.36. The van der Waals surface area contributed by atoms with Gasteiger partial charge in [-0.05, 0) is 39.0 Å². The van der Waals surface area contributed by atoms with Gasteiger partial charge < -0.3 is 15.4 Å². The molecule has 2 rings (SSSR count). The zero-order valence-corrected chi connectivity index (χ0v) is 10.7. The van der Waals surface area contributed by atoms with E-state index >= 15 is 0 Å². The number of hydrogen-bond acceptors (Lipinski definition) is 3. The zero-order chi connectivity index (χ0) is 12.1. The summed E-state index contributed by atoms with van der Waals surface area (Å²) in [5, 5.41) is 6.39. The van der Waals surface area contributed by atoms with Crippen molar-refractivity contribution in [2.24, 2.45) is 5.92 Å². The van der Waals surface area contributed by atoms with Crippen molar-refractivity contribution in [1.82, 2.24) is 10.6 Å². The van der Waals surface area contributed by atoms with Gasteiger partial charge in [0, 0.05) is 25.7 Å². The van der Waals surface area contributed by atoms with Crippen LogP contribution >= 0.6 is 0 Å². The van der Waals surface area contributed by atoms with Crippen molar-refractivity contribution in [2.75, 3.05) is 19.7 Å². The molecule has 0 radical (unpaired) electrons. The van der Waals surface area contributed by atoms with Crippen LogP contribution in [0.5, 0.6) is 0 Å². The van der Waals surface area contributed by atoms with Crippen molar-refractivity contribution in [2.45, 2.75) is 51.2 Å². The Kier molecular flexibility index (Phi) is 4.80. The van der Waals surface area contributed by atoms with E-state index in [2.05, 4.69) is 17.6 Å². The minimum absolute atomic E-state index is 0.148. The maximum absolute atomic E-state index is 11.9. The van der Waals surface area contributed by atoms with Crippen molar-refractivity contribution < 1.29 is 9.53 Å². The molecule has 3 unspecified atom stereocenters. The molecule has 98 valence electrons. The lowest BCUT2D eigenvalue weighted by Crippen LogP contribution is -2.46. The van der Waals surface area contributed by atoms with Gasteiger partial charge in [-0.1, -0.05) is 0 Å². The van der Waals surface area contributed by atoms with Crippen LogP contribution in [0.25, 0.3) is 0 Å². The number of hydrogen-bond donors (Lipinski definition) is 2. The Bertz CT molecular complexity index is 244. The molecule has 4 heteroatoms. The molecule has 2 N–H and O–H groups in total. The van der Waals surface area contributed by atoms with E-state index in [1.165, 1.54) is 6.42 Å². The fraction of sp³-hybridized carbons (Fsp3) is 0.923. The van der Waals surface area contributed by atoms with E-state index in [1.54, 1.807) is 0 Å². The van der Waals surface area contributed by atoms with E-state index in [0.29, 0.717) is 12.6 Å². The Labute approximate surface area is 103 Å². The van der Waals surface area contributed by atoms with Gasteiger partial charge in [-0.15, -0.1) is 0 Å². The molecule has 2 saturated heterocycles. The first kappa shape index (κ1) is 12.8. The molecule has 17 heavy (non-hydrogen) atoms. The van der Waals surface area contributed by atoms with Crippen molar-refractivity contribution in [3.05, 3.63) is 0 Å². The van der Waals surface area contributed by atoms with Crippen molar-refractivity contribution >= 4 is 5.91 Å². The molecule has 0 aliphatic carbocycles. The molecule has 2 heterocycles. The van der Waals surface area contributed by atoms with Crippen LogP contribution in [0.15, 0.2) is 0 Å². The Hall–Kier alpha value is -0.610. The Balaban J connectivity index is 1.66. The highest BCUT2D eigenvalue weighted by Gasteiger charge is 2.24. The maximum Gasteiger partial charge on any atom is 0.224 e. The number of rotatable bonds is 3. The van der Waals surface area contributed by atoms with Crippen LogP contribution < -0.4 is 10.6 Å². The first-order valence-corrected chi connectivity index (χ1v) is 6.88. The summed E-state index contributed by atoms with van der Waals surface area (Å²) in [4.78, 5) is 11.9. The Morgan fingerprint density at radius 2 is 2.24 bits per heavy atom. The summed E-state index contributed by atoms with van der Waals surface area (Å²) in [5.74, 6) is 0.341. The summed E-state index contributed by atoms with van der Waals surface area (Å²) >= 11 is 0. The van der Waals surface area contributed by atoms with Gasteiger partial charge in [-0.3, -0.25) is 4.79 Å². The molecule has 2 aliphatic rings. The molecule has 0 bridgehead atoms. The number of piperidine rings is 1. The number of carbonyl (C=O) groups is 1. The molecule has 0 aromatic carbocycles. The predicted molar refractivity (Wildman–Crippen MR) is 66.8 cm³/mol. The quantitative estimate of drug-likeness (QED) is 0.775. The second-order valence-corrected chi connectivity index (χ2v) is 5.32. The van der Waals surface area contributed by atoms with E-state index in [0.717, 1.165) is 38.8 Å². The summed E-state index contributed by atoms with van der Waals surface area (Å²) in [7, 11) is 0. The first-order valence-electron chi connectivity index (χ1n) is 6.88. The van der Waals surface area contributed by atoms with Gasteiger partial charge in [-0.25, -0.2) is 0 Å². The SMILES string of the molecule is CC1CCC(C(=O)NCC2CCCCO2)CN1. The van der Waals surface area contributed by atoms with Gasteiger partial charge in [-0.2, -0.15) is 0 Å². The van der Waals surface area contributed by atoms with E-state index in [1.807, 2.05) is 0 Å². The summed E-state index contributed by atoms with van der Waals surface area (Å²) in [6.07, 6.45) is 5.81. The number of amides is 1. The summed E-state index contributed by atoms with van der Waals surface area (Å²) < 4.78 is 5.60. The standard InChI is InChI=1S/C13H24N2O2/c1-10-5-6-11(8-14-10)13(16)15-9-12-4-2-3-7-17-12/h10-12,14H,2-9H2,1H3,(H,15,16). The van der Waals surface area contributed by atoms with Crippen LogP contribution in [-0.2, 0) is 9.53 Å². The van der Waals surface area contributed by atoms with Crippen molar-refractivity contribution in [3.8, 4) is 0 Å². The average Bonchev–Trinajstić information content (AvgIpc) is 2.38. The van der Waals surface area contributed by atoms with E-state index in [-0.39, 0.29) is 17.9 Å². The molecule has 0 spiro atoms. The smallest absolute Gasteiger partial charge is 0.224 e. The molecule has 2 fully saturated rings. The van der Waals surface area contributed by atoms with Gasteiger partial charge in [0.25, 0.3) is 0 Å². The van der Waals surface area contributed by atoms with Crippen LogP contribution in [-0.4, -0.2) is 37.7 Å². The number of carbonyl (C=O) groups excluding carboxylic acids is 1. The van der Waals surface area contributed by atoms with Crippen LogP contribution in [0.3, 0.4) is 0 Å². The number of ether oxygens (including phenoxy) is 1. The van der Waals surface area contributed by atoms with Gasteiger partial charge >= 0.3 is 0 Å². The third kappa shape index (κ3) is 3.96. The summed E-state index contributed by atoms with van der Waals surface area (Å²) in [6, 6.07) is 0.556. The highest BCUT2D eigenvalue weighted by atomic mass is 16.5. The average molecular weight is 240 g/mol. The highest BCUT2D eigenvalue weighted by Crippen LogP contribution is 2.15. The minimum atomic E-state index is 0.148. The van der Waals surface area contributed by atoms with E-state index in [4.69, 9.17) is 4.74 Å². The van der Waals surface area contributed by atoms with Crippen LogP contribution in [0.4, 0.5) is 0 Å². The maximum atomic E-state index is 11.9. The third-order valence-electron chi connectivity index (χ3n) is 3.81. The van der Waals surface area contributed by atoms with Gasteiger partial charge in [0.2, 0.25) is 5.91 Å². The largest absolute Gasteiger partial charge is 0.376 e. The van der Waals surface area contributed by atoms with E-state index in [9.17, 15) is 4.79 Å². The molecule has 3 atom stereocenters. The van der Waals surface area contributed by atoms with Crippen LogP contribution in [0.2, 0.25) is 0 Å². The third-order valence-corrected chi connectivity index (χ3v) is 3.81. The molecular formula is C13H24N2O2. The van der Waals surface area contributed by atoms with Crippen LogP contribution in [0.1, 0.15) is 39.0 Å². The molecule has 0 saturated carbocycles. The lowest BCUT2D eigenvalue weighted by Gasteiger charge is -2.28. The molecule has 0 aromatic heterocycles. The van der Waals surface area contributed by atoms with Gasteiger partial charge in [0.15, 0.2) is 0 Å². The van der Waals surface area contributed by atoms with Crippen LogP contribution in [0, 0.1) is 5.92 Å². The Morgan fingerprint density at radius 3 is 2.88 bits per heavy atom. The topological polar surface area (TPSA) is 50.4 Å². The predicted octanol–water partition coefficient (Wildman–Crippen LogP) is 1.06. The van der Waals surface area contributed by atoms with E-state index < -0.39 is 0 Å². The first-order chi connectivity index (χ1) is 8.25. The van der Waals surface area contributed by atoms with Gasteiger partial charge in [0.05, 0.1) is 12.0 Å². The fourth-order valence-electron chi connectivity index (χ4n) is 2.55. The monoisotopic (exact) mass is 240 g/mol. The summed E-state index contributed by atoms with van der Waals surface area (Å²) in [6.45, 7) is 4.52. The summed E-state index contributed by atoms with van der Waals surface area (Å²) in [5.41, 5.74) is 0. The normalized spacial score (nSPS) is 34.3. The highest BCUT2D eigenvalue weighted by molar-refractivity contribution is 5.79. The Morgan fingerprint density at radius 1 is 1.35 bits per heavy atom. The molecular weight excluding hydrogens is 216 g/mol. The molecule has 0 aromatic rings. The second-order valence-electron chi connectivity index (χ2n) is 5.32. The zero-order valence-electron chi connectivity index (χ0n) is 10.7. The number of nitrogens with one attached hydrogen (secondary N) is 2. The lowest BCUT2D eigenvalue weighted by molar-refractivity contribution is -0.126. The van der Waals surface area contributed by atoms with Crippen molar-refractivity contribution in [1.29, 1.82) is 0 Å². The molecule has 2 aliphatic heterocycles. The fourth-order valence-corrected chi connectivity index (χ4v) is 2.55. The minimum Gasteiger partial charge on any atom is -0.376 e. The molecule has 4 nitrogen and oxygen atoms in total. The molecule has 1 amide bonds.